The Hall–Kier alpha value is -1.78. The quantitative estimate of drug-likeness (QED) is 0.331. The summed E-state index contributed by atoms with van der Waals surface area (Å²) in [6.07, 6.45) is 4.14. The van der Waals surface area contributed by atoms with Gasteiger partial charge in [0.25, 0.3) is 0 Å². The van der Waals surface area contributed by atoms with Crippen molar-refractivity contribution in [2.45, 2.75) is 18.9 Å². The standard InChI is InChI=1S/C10H14N4O/c1-14(7-2-3-7)8-4-5-12-9(6-8)10(11)13-15/h4-7,15H,2-3H2,1H3,(H2,11,13). The highest BCUT2D eigenvalue weighted by molar-refractivity contribution is 5.95. The van der Waals surface area contributed by atoms with Crippen molar-refractivity contribution in [3.8, 4) is 0 Å². The predicted octanol–water partition coefficient (Wildman–Crippen LogP) is 0.775. The van der Waals surface area contributed by atoms with E-state index in [1.54, 1.807) is 6.20 Å². The molecule has 1 heterocycles. The first-order chi connectivity index (χ1) is 7.22. The molecule has 0 saturated heterocycles. The zero-order valence-corrected chi connectivity index (χ0v) is 8.59. The first-order valence-corrected chi connectivity index (χ1v) is 4.89. The number of hydrogen-bond acceptors (Lipinski definition) is 4. The minimum Gasteiger partial charge on any atom is -0.409 e. The van der Waals surface area contributed by atoms with Crippen LogP contribution in [-0.4, -0.2) is 29.1 Å². The molecule has 0 aliphatic heterocycles. The molecular formula is C10H14N4O. The number of amidine groups is 1. The van der Waals surface area contributed by atoms with Crippen LogP contribution in [0.3, 0.4) is 0 Å². The number of hydrogen-bond donors (Lipinski definition) is 2. The van der Waals surface area contributed by atoms with E-state index in [1.165, 1.54) is 12.8 Å². The molecule has 0 radical (unpaired) electrons. The summed E-state index contributed by atoms with van der Waals surface area (Å²) < 4.78 is 0. The third-order valence-corrected chi connectivity index (χ3v) is 2.62. The van der Waals surface area contributed by atoms with Gasteiger partial charge in [0, 0.05) is 25.0 Å². The molecule has 0 aromatic carbocycles. The number of oxime groups is 1. The molecule has 3 N–H and O–H groups in total. The van der Waals surface area contributed by atoms with E-state index in [2.05, 4.69) is 15.0 Å². The minimum absolute atomic E-state index is 0.0426. The van der Waals surface area contributed by atoms with E-state index in [4.69, 9.17) is 10.9 Å². The SMILES string of the molecule is CN(c1ccnc(C(N)=NO)c1)C1CC1. The second-order valence-corrected chi connectivity index (χ2v) is 3.73. The Morgan fingerprint density at radius 3 is 3.00 bits per heavy atom. The molecule has 1 aliphatic carbocycles. The van der Waals surface area contributed by atoms with Crippen LogP contribution in [0.2, 0.25) is 0 Å². The highest BCUT2D eigenvalue weighted by Crippen LogP contribution is 2.29. The number of aromatic nitrogens is 1. The van der Waals surface area contributed by atoms with Gasteiger partial charge in [-0.05, 0) is 25.0 Å². The lowest BCUT2D eigenvalue weighted by Crippen LogP contribution is -2.21. The van der Waals surface area contributed by atoms with Gasteiger partial charge in [-0.1, -0.05) is 5.16 Å². The summed E-state index contributed by atoms with van der Waals surface area (Å²) in [5, 5.41) is 11.5. The molecule has 1 saturated carbocycles. The van der Waals surface area contributed by atoms with E-state index >= 15 is 0 Å². The zero-order valence-electron chi connectivity index (χ0n) is 8.59. The van der Waals surface area contributed by atoms with E-state index in [9.17, 15) is 0 Å². The van der Waals surface area contributed by atoms with Crippen LogP contribution in [0.1, 0.15) is 18.5 Å². The van der Waals surface area contributed by atoms with Crippen LogP contribution in [0, 0.1) is 0 Å². The second kappa shape index (κ2) is 3.76. The van der Waals surface area contributed by atoms with E-state index in [1.807, 2.05) is 19.2 Å². The van der Waals surface area contributed by atoms with Gasteiger partial charge < -0.3 is 15.8 Å². The highest BCUT2D eigenvalue weighted by Gasteiger charge is 2.26. The Labute approximate surface area is 88.2 Å². The van der Waals surface area contributed by atoms with E-state index in [0.717, 1.165) is 5.69 Å². The molecule has 0 spiro atoms. The summed E-state index contributed by atoms with van der Waals surface area (Å²) in [5.74, 6) is 0.0426. The summed E-state index contributed by atoms with van der Waals surface area (Å²) in [6, 6.07) is 4.38. The molecule has 1 fully saturated rings. The first kappa shape index (κ1) is 9.76. The van der Waals surface area contributed by atoms with Crippen LogP contribution < -0.4 is 10.6 Å². The van der Waals surface area contributed by atoms with Gasteiger partial charge in [-0.25, -0.2) is 0 Å². The van der Waals surface area contributed by atoms with E-state index in [0.29, 0.717) is 11.7 Å². The Kier molecular flexibility index (Phi) is 2.45. The molecule has 80 valence electrons. The number of nitrogens with zero attached hydrogens (tertiary/aromatic N) is 3. The summed E-state index contributed by atoms with van der Waals surface area (Å²) in [6.45, 7) is 0. The Balaban J connectivity index is 2.25. The Bertz CT molecular complexity index is 387. The zero-order chi connectivity index (χ0) is 10.8. The van der Waals surface area contributed by atoms with E-state index < -0.39 is 0 Å². The van der Waals surface area contributed by atoms with Crippen molar-refractivity contribution in [1.29, 1.82) is 0 Å². The van der Waals surface area contributed by atoms with Crippen molar-refractivity contribution in [3.63, 3.8) is 0 Å². The van der Waals surface area contributed by atoms with Crippen molar-refractivity contribution < 1.29 is 5.21 Å². The fourth-order valence-electron chi connectivity index (χ4n) is 1.50. The van der Waals surface area contributed by atoms with Crippen LogP contribution in [-0.2, 0) is 0 Å². The fraction of sp³-hybridized carbons (Fsp3) is 0.400. The number of anilines is 1. The summed E-state index contributed by atoms with van der Waals surface area (Å²) in [7, 11) is 2.04. The molecule has 1 aromatic rings. The van der Waals surface area contributed by atoms with Gasteiger partial charge in [-0.2, -0.15) is 0 Å². The highest BCUT2D eigenvalue weighted by atomic mass is 16.4. The molecule has 0 atom stereocenters. The van der Waals surface area contributed by atoms with Crippen LogP contribution >= 0.6 is 0 Å². The summed E-state index contributed by atoms with van der Waals surface area (Å²) in [5.41, 5.74) is 7.03. The van der Waals surface area contributed by atoms with Crippen LogP contribution in [0.15, 0.2) is 23.5 Å². The lowest BCUT2D eigenvalue weighted by atomic mass is 10.3. The average molecular weight is 206 g/mol. The summed E-state index contributed by atoms with van der Waals surface area (Å²) in [4.78, 5) is 6.22. The molecule has 0 amide bonds. The van der Waals surface area contributed by atoms with Crippen molar-refractivity contribution in [3.05, 3.63) is 24.0 Å². The molecule has 0 bridgehead atoms. The van der Waals surface area contributed by atoms with Crippen molar-refractivity contribution in [2.24, 2.45) is 10.9 Å². The normalized spacial score (nSPS) is 16.5. The third-order valence-electron chi connectivity index (χ3n) is 2.62. The van der Waals surface area contributed by atoms with Gasteiger partial charge in [0.1, 0.15) is 5.69 Å². The molecule has 5 nitrogen and oxygen atoms in total. The lowest BCUT2D eigenvalue weighted by molar-refractivity contribution is 0.318. The first-order valence-electron chi connectivity index (χ1n) is 4.89. The minimum atomic E-state index is 0.0426. The second-order valence-electron chi connectivity index (χ2n) is 3.73. The molecule has 1 aliphatic rings. The van der Waals surface area contributed by atoms with Gasteiger partial charge in [-0.15, -0.1) is 0 Å². The van der Waals surface area contributed by atoms with E-state index in [-0.39, 0.29) is 5.84 Å². The third kappa shape index (κ3) is 2.01. The average Bonchev–Trinajstić information content (AvgIpc) is 3.11. The van der Waals surface area contributed by atoms with Crippen molar-refractivity contribution in [2.75, 3.05) is 11.9 Å². The number of rotatable bonds is 3. The maximum Gasteiger partial charge on any atom is 0.188 e. The molecule has 2 rings (SSSR count). The Morgan fingerprint density at radius 2 is 2.40 bits per heavy atom. The van der Waals surface area contributed by atoms with Crippen LogP contribution in [0.25, 0.3) is 0 Å². The maximum atomic E-state index is 8.55. The predicted molar refractivity (Wildman–Crippen MR) is 58.2 cm³/mol. The maximum absolute atomic E-state index is 8.55. The molecular weight excluding hydrogens is 192 g/mol. The number of pyridine rings is 1. The number of nitrogens with two attached hydrogens (primary N) is 1. The topological polar surface area (TPSA) is 74.7 Å². The van der Waals surface area contributed by atoms with Gasteiger partial charge >= 0.3 is 0 Å². The monoisotopic (exact) mass is 206 g/mol. The van der Waals surface area contributed by atoms with Gasteiger partial charge in [0.05, 0.1) is 0 Å². The molecule has 15 heavy (non-hydrogen) atoms. The Morgan fingerprint density at radius 1 is 1.67 bits per heavy atom. The molecule has 0 unspecified atom stereocenters. The smallest absolute Gasteiger partial charge is 0.188 e. The lowest BCUT2D eigenvalue weighted by Gasteiger charge is -2.18. The van der Waals surface area contributed by atoms with Gasteiger partial charge in [0.2, 0.25) is 0 Å². The van der Waals surface area contributed by atoms with Gasteiger partial charge in [-0.3, -0.25) is 4.98 Å². The van der Waals surface area contributed by atoms with Gasteiger partial charge in [0.15, 0.2) is 5.84 Å². The molecule has 1 aromatic heterocycles. The van der Waals surface area contributed by atoms with Crippen molar-refractivity contribution in [1.82, 2.24) is 4.98 Å². The fourth-order valence-corrected chi connectivity index (χ4v) is 1.50. The largest absolute Gasteiger partial charge is 0.409 e. The molecule has 5 heteroatoms. The van der Waals surface area contributed by atoms with Crippen LogP contribution in [0.5, 0.6) is 0 Å². The summed E-state index contributed by atoms with van der Waals surface area (Å²) >= 11 is 0. The van der Waals surface area contributed by atoms with Crippen molar-refractivity contribution >= 4 is 11.5 Å². The van der Waals surface area contributed by atoms with Crippen LogP contribution in [0.4, 0.5) is 5.69 Å².